The lowest BCUT2D eigenvalue weighted by Crippen LogP contribution is -2.23. The highest BCUT2D eigenvalue weighted by atomic mass is 32.2. The standard InChI is InChI=1S/C21H21N5OS/c1-11-9-13(3)17-15(10-11)18-19(23-17)24-21(26-25-18)28-14(4)20(27)22-16-8-6-5-7-12(16)2/h5-10,14H,1-4H3,(H,22,27)(H,23,24,26). The van der Waals surface area contributed by atoms with Crippen LogP contribution in [0.4, 0.5) is 5.69 Å². The minimum atomic E-state index is -0.354. The first-order valence-corrected chi connectivity index (χ1v) is 9.97. The van der Waals surface area contributed by atoms with Crippen LogP contribution in [0.25, 0.3) is 22.1 Å². The Morgan fingerprint density at radius 3 is 2.68 bits per heavy atom. The van der Waals surface area contributed by atoms with Crippen molar-refractivity contribution in [2.75, 3.05) is 5.32 Å². The van der Waals surface area contributed by atoms with E-state index in [4.69, 9.17) is 0 Å². The first kappa shape index (κ1) is 18.4. The molecule has 0 saturated heterocycles. The Bertz CT molecular complexity index is 1200. The Kier molecular flexibility index (Phi) is 4.77. The average molecular weight is 392 g/mol. The summed E-state index contributed by atoms with van der Waals surface area (Å²) in [4.78, 5) is 20.5. The molecule has 0 radical (unpaired) electrons. The number of benzene rings is 2. The van der Waals surface area contributed by atoms with E-state index in [2.05, 4.69) is 51.5 Å². The molecule has 4 aromatic rings. The molecule has 0 aliphatic rings. The van der Waals surface area contributed by atoms with Gasteiger partial charge in [-0.2, -0.15) is 0 Å². The third-order valence-corrected chi connectivity index (χ3v) is 5.65. The smallest absolute Gasteiger partial charge is 0.237 e. The maximum absolute atomic E-state index is 12.5. The molecule has 2 heterocycles. The predicted octanol–water partition coefficient (Wildman–Crippen LogP) is 4.55. The molecular weight excluding hydrogens is 370 g/mol. The number of hydrogen-bond acceptors (Lipinski definition) is 5. The minimum Gasteiger partial charge on any atom is -0.337 e. The number of anilines is 1. The van der Waals surface area contributed by atoms with Gasteiger partial charge in [-0.1, -0.05) is 41.6 Å². The van der Waals surface area contributed by atoms with Crippen molar-refractivity contribution in [3.63, 3.8) is 0 Å². The molecule has 1 amide bonds. The van der Waals surface area contributed by atoms with Gasteiger partial charge < -0.3 is 10.3 Å². The van der Waals surface area contributed by atoms with Gasteiger partial charge in [0.1, 0.15) is 5.52 Å². The molecule has 142 valence electrons. The number of aromatic amines is 1. The van der Waals surface area contributed by atoms with E-state index in [0.29, 0.717) is 10.8 Å². The average Bonchev–Trinajstić information content (AvgIpc) is 3.01. The van der Waals surface area contributed by atoms with Crippen LogP contribution in [0.5, 0.6) is 0 Å². The van der Waals surface area contributed by atoms with Crippen molar-refractivity contribution in [3.05, 3.63) is 53.1 Å². The lowest BCUT2D eigenvalue weighted by atomic mass is 10.1. The summed E-state index contributed by atoms with van der Waals surface area (Å²) < 4.78 is 0. The van der Waals surface area contributed by atoms with Crippen LogP contribution in [-0.2, 0) is 4.79 Å². The number of fused-ring (bicyclic) bond motifs is 3. The lowest BCUT2D eigenvalue weighted by molar-refractivity contribution is -0.115. The predicted molar refractivity (Wildman–Crippen MR) is 114 cm³/mol. The van der Waals surface area contributed by atoms with Crippen LogP contribution < -0.4 is 5.32 Å². The van der Waals surface area contributed by atoms with Crippen LogP contribution in [0.15, 0.2) is 41.6 Å². The molecule has 0 bridgehead atoms. The van der Waals surface area contributed by atoms with Crippen molar-refractivity contribution in [2.24, 2.45) is 0 Å². The summed E-state index contributed by atoms with van der Waals surface area (Å²) in [5.41, 5.74) is 6.63. The summed E-state index contributed by atoms with van der Waals surface area (Å²) in [6.07, 6.45) is 0. The zero-order valence-corrected chi connectivity index (χ0v) is 17.0. The van der Waals surface area contributed by atoms with Gasteiger partial charge in [-0.15, -0.1) is 10.2 Å². The summed E-state index contributed by atoms with van der Waals surface area (Å²) in [5, 5.41) is 12.7. The van der Waals surface area contributed by atoms with Crippen LogP contribution in [0, 0.1) is 20.8 Å². The van der Waals surface area contributed by atoms with Crippen molar-refractivity contribution in [1.82, 2.24) is 20.2 Å². The van der Waals surface area contributed by atoms with E-state index in [1.165, 1.54) is 17.3 Å². The summed E-state index contributed by atoms with van der Waals surface area (Å²) in [6, 6.07) is 11.9. The molecule has 0 aliphatic heterocycles. The van der Waals surface area contributed by atoms with Crippen LogP contribution in [0.1, 0.15) is 23.6 Å². The Hall–Kier alpha value is -2.93. The third-order valence-electron chi connectivity index (χ3n) is 4.70. The van der Waals surface area contributed by atoms with Gasteiger partial charge in [0.25, 0.3) is 0 Å². The van der Waals surface area contributed by atoms with Gasteiger partial charge in [0, 0.05) is 11.1 Å². The normalized spacial score (nSPS) is 12.4. The number of aromatic nitrogens is 4. The number of para-hydroxylation sites is 1. The zero-order chi connectivity index (χ0) is 19.8. The second-order valence-corrected chi connectivity index (χ2v) is 8.29. The maximum atomic E-state index is 12.5. The first-order valence-electron chi connectivity index (χ1n) is 9.09. The van der Waals surface area contributed by atoms with Gasteiger partial charge in [0.15, 0.2) is 5.65 Å². The van der Waals surface area contributed by atoms with Crippen molar-refractivity contribution in [1.29, 1.82) is 0 Å². The van der Waals surface area contributed by atoms with Crippen LogP contribution >= 0.6 is 11.8 Å². The number of aryl methyl sites for hydroxylation is 3. The van der Waals surface area contributed by atoms with Crippen LogP contribution in [-0.4, -0.2) is 31.3 Å². The zero-order valence-electron chi connectivity index (χ0n) is 16.2. The van der Waals surface area contributed by atoms with Gasteiger partial charge in [-0.05, 0) is 51.0 Å². The molecule has 2 aromatic heterocycles. The number of H-pyrrole nitrogens is 1. The molecule has 2 aromatic carbocycles. The van der Waals surface area contributed by atoms with Gasteiger partial charge in [0.2, 0.25) is 11.1 Å². The fraction of sp³-hybridized carbons (Fsp3) is 0.238. The second kappa shape index (κ2) is 7.24. The number of hydrogen-bond donors (Lipinski definition) is 2. The van der Waals surface area contributed by atoms with E-state index in [1.54, 1.807) is 0 Å². The molecule has 6 nitrogen and oxygen atoms in total. The Morgan fingerprint density at radius 2 is 1.89 bits per heavy atom. The molecule has 28 heavy (non-hydrogen) atoms. The SMILES string of the molecule is Cc1cc(C)c2[nH]c3nc(SC(C)C(=O)Nc4ccccc4C)nnc3c2c1. The number of rotatable bonds is 4. The Balaban J connectivity index is 1.57. The van der Waals surface area contributed by atoms with Crippen LogP contribution in [0.3, 0.4) is 0 Å². The molecule has 1 atom stereocenters. The van der Waals surface area contributed by atoms with Gasteiger partial charge in [-0.3, -0.25) is 4.79 Å². The quantitative estimate of drug-likeness (QED) is 0.499. The Morgan fingerprint density at radius 1 is 1.11 bits per heavy atom. The van der Waals surface area contributed by atoms with Gasteiger partial charge in [0.05, 0.1) is 10.8 Å². The van der Waals surface area contributed by atoms with E-state index >= 15 is 0 Å². The van der Waals surface area contributed by atoms with E-state index in [-0.39, 0.29) is 11.2 Å². The largest absolute Gasteiger partial charge is 0.337 e. The first-order chi connectivity index (χ1) is 13.4. The molecule has 7 heteroatoms. The van der Waals surface area contributed by atoms with Crippen molar-refractivity contribution >= 4 is 45.4 Å². The highest BCUT2D eigenvalue weighted by molar-refractivity contribution is 8.00. The van der Waals surface area contributed by atoms with Crippen molar-refractivity contribution < 1.29 is 4.79 Å². The summed E-state index contributed by atoms with van der Waals surface area (Å²) >= 11 is 1.29. The minimum absolute atomic E-state index is 0.0916. The van der Waals surface area contributed by atoms with E-state index in [9.17, 15) is 4.79 Å². The summed E-state index contributed by atoms with van der Waals surface area (Å²) in [7, 11) is 0. The number of carbonyl (C=O) groups excluding carboxylic acids is 1. The summed E-state index contributed by atoms with van der Waals surface area (Å²) in [5.74, 6) is -0.0916. The second-order valence-electron chi connectivity index (χ2n) is 6.99. The molecule has 4 rings (SSSR count). The van der Waals surface area contributed by atoms with Gasteiger partial charge in [-0.25, -0.2) is 4.98 Å². The van der Waals surface area contributed by atoms with Crippen LogP contribution in [0.2, 0.25) is 0 Å². The van der Waals surface area contributed by atoms with Crippen molar-refractivity contribution in [2.45, 2.75) is 38.1 Å². The fourth-order valence-corrected chi connectivity index (χ4v) is 3.94. The number of carbonyl (C=O) groups is 1. The highest BCUT2D eigenvalue weighted by Gasteiger charge is 2.18. The lowest BCUT2D eigenvalue weighted by Gasteiger charge is -2.12. The van der Waals surface area contributed by atoms with E-state index < -0.39 is 0 Å². The monoisotopic (exact) mass is 391 g/mol. The molecule has 2 N–H and O–H groups in total. The maximum Gasteiger partial charge on any atom is 0.237 e. The molecular formula is C21H21N5OS. The number of nitrogens with one attached hydrogen (secondary N) is 2. The molecule has 0 aliphatic carbocycles. The third kappa shape index (κ3) is 3.45. The molecule has 0 saturated carbocycles. The molecule has 0 fully saturated rings. The number of thioether (sulfide) groups is 1. The fourth-order valence-electron chi connectivity index (χ4n) is 3.23. The molecule has 0 spiro atoms. The highest BCUT2D eigenvalue weighted by Crippen LogP contribution is 2.28. The van der Waals surface area contributed by atoms with Crippen molar-refractivity contribution in [3.8, 4) is 0 Å². The topological polar surface area (TPSA) is 83.6 Å². The van der Waals surface area contributed by atoms with E-state index in [1.807, 2.05) is 38.1 Å². The Labute approximate surface area is 167 Å². The summed E-state index contributed by atoms with van der Waals surface area (Å²) in [6.45, 7) is 7.93. The van der Waals surface area contributed by atoms with E-state index in [0.717, 1.165) is 33.2 Å². The number of amides is 1. The van der Waals surface area contributed by atoms with Gasteiger partial charge >= 0.3 is 0 Å². The molecule has 1 unspecified atom stereocenters. The number of nitrogens with zero attached hydrogens (tertiary/aromatic N) is 3.